The lowest BCUT2D eigenvalue weighted by molar-refractivity contribution is -0.130. The number of aromatic nitrogens is 2. The maximum atomic E-state index is 12.8. The third-order valence-corrected chi connectivity index (χ3v) is 7.31. The molecule has 0 saturated carbocycles. The van der Waals surface area contributed by atoms with Gasteiger partial charge in [-0.3, -0.25) is 4.79 Å². The van der Waals surface area contributed by atoms with E-state index >= 15 is 0 Å². The van der Waals surface area contributed by atoms with Crippen molar-refractivity contribution in [2.75, 3.05) is 13.1 Å². The summed E-state index contributed by atoms with van der Waals surface area (Å²) < 4.78 is 0. The second kappa shape index (κ2) is 7.00. The lowest BCUT2D eigenvalue weighted by Gasteiger charge is -2.23. The molecule has 0 spiro atoms. The average molecular weight is 362 g/mol. The number of aryl methyl sites for hydroxylation is 2. The van der Waals surface area contributed by atoms with E-state index in [4.69, 9.17) is 0 Å². The fourth-order valence-electron chi connectivity index (χ4n) is 3.76. The van der Waals surface area contributed by atoms with Gasteiger partial charge in [0.05, 0.1) is 5.25 Å². The molecule has 2 aliphatic rings. The van der Waals surface area contributed by atoms with Crippen LogP contribution in [0.3, 0.4) is 0 Å². The van der Waals surface area contributed by atoms with E-state index in [1.54, 1.807) is 18.1 Å². The second-order valence-corrected chi connectivity index (χ2v) is 9.13. The maximum Gasteiger partial charge on any atom is 0.235 e. The van der Waals surface area contributed by atoms with Crippen molar-refractivity contribution >= 4 is 39.2 Å². The van der Waals surface area contributed by atoms with E-state index in [-0.39, 0.29) is 11.2 Å². The van der Waals surface area contributed by atoms with Crippen LogP contribution < -0.4 is 0 Å². The van der Waals surface area contributed by atoms with Crippen molar-refractivity contribution in [1.29, 1.82) is 0 Å². The van der Waals surface area contributed by atoms with Gasteiger partial charge in [-0.2, -0.15) is 0 Å². The zero-order chi connectivity index (χ0) is 16.5. The number of nitrogens with zero attached hydrogens (tertiary/aromatic N) is 3. The van der Waals surface area contributed by atoms with Crippen LogP contribution in [0.25, 0.3) is 10.2 Å². The zero-order valence-electron chi connectivity index (χ0n) is 14.1. The summed E-state index contributed by atoms with van der Waals surface area (Å²) >= 11 is 3.42. The number of fused-ring (bicyclic) bond motifs is 3. The number of thiophene rings is 1. The lowest BCUT2D eigenvalue weighted by Crippen LogP contribution is -2.37. The summed E-state index contributed by atoms with van der Waals surface area (Å²) in [5.74, 6) is 0.264. The Kier molecular flexibility index (Phi) is 4.77. The molecule has 0 radical (unpaired) electrons. The third kappa shape index (κ3) is 3.06. The van der Waals surface area contributed by atoms with Gasteiger partial charge in [-0.1, -0.05) is 24.6 Å². The minimum Gasteiger partial charge on any atom is -0.342 e. The monoisotopic (exact) mass is 361 g/mol. The summed E-state index contributed by atoms with van der Waals surface area (Å²) in [6.07, 6.45) is 9.96. The standard InChI is InChI=1S/C18H23N3OS2/c1-12(18(22)21-9-4-2-3-5-10-21)23-16-15-13-7-6-8-14(13)24-17(15)20-11-19-16/h11-12H,2-10H2,1H3/t12-/m0/s1. The van der Waals surface area contributed by atoms with Crippen LogP contribution in [0.5, 0.6) is 0 Å². The van der Waals surface area contributed by atoms with E-state index in [0.29, 0.717) is 0 Å². The quantitative estimate of drug-likeness (QED) is 0.611. The van der Waals surface area contributed by atoms with Gasteiger partial charge in [0.25, 0.3) is 0 Å². The Balaban J connectivity index is 1.56. The number of amides is 1. The van der Waals surface area contributed by atoms with E-state index in [9.17, 15) is 4.79 Å². The van der Waals surface area contributed by atoms with Crippen LogP contribution in [0.2, 0.25) is 0 Å². The van der Waals surface area contributed by atoms with Gasteiger partial charge >= 0.3 is 0 Å². The smallest absolute Gasteiger partial charge is 0.235 e. The number of carbonyl (C=O) groups excluding carboxylic acids is 1. The van der Waals surface area contributed by atoms with Crippen molar-refractivity contribution < 1.29 is 4.79 Å². The molecule has 1 amide bonds. The van der Waals surface area contributed by atoms with E-state index in [0.717, 1.165) is 42.2 Å². The van der Waals surface area contributed by atoms with Crippen molar-refractivity contribution in [2.24, 2.45) is 0 Å². The van der Waals surface area contributed by atoms with Crippen molar-refractivity contribution in [2.45, 2.75) is 62.1 Å². The molecule has 1 saturated heterocycles. The van der Waals surface area contributed by atoms with Gasteiger partial charge in [0, 0.05) is 23.4 Å². The number of likely N-dealkylation sites (tertiary alicyclic amines) is 1. The first-order chi connectivity index (χ1) is 11.7. The molecule has 128 valence electrons. The van der Waals surface area contributed by atoms with E-state index in [1.165, 1.54) is 41.5 Å². The highest BCUT2D eigenvalue weighted by Gasteiger charge is 2.26. The Hall–Kier alpha value is -1.14. The minimum absolute atomic E-state index is 0.0850. The predicted molar refractivity (Wildman–Crippen MR) is 99.8 cm³/mol. The number of rotatable bonds is 3. The molecule has 2 aromatic heterocycles. The first kappa shape index (κ1) is 16.3. The molecule has 2 aromatic rings. The molecule has 1 aliphatic carbocycles. The molecule has 0 unspecified atom stereocenters. The van der Waals surface area contributed by atoms with E-state index in [1.807, 2.05) is 18.3 Å². The topological polar surface area (TPSA) is 46.1 Å². The fourth-order valence-corrected chi connectivity index (χ4v) is 6.08. The number of thioether (sulfide) groups is 1. The van der Waals surface area contributed by atoms with Crippen LogP contribution >= 0.6 is 23.1 Å². The van der Waals surface area contributed by atoms with Crippen LogP contribution in [0.1, 0.15) is 49.5 Å². The SMILES string of the molecule is C[C@H](Sc1ncnc2sc3c(c12)CCC3)C(=O)N1CCCCCC1. The van der Waals surface area contributed by atoms with Crippen molar-refractivity contribution in [1.82, 2.24) is 14.9 Å². The van der Waals surface area contributed by atoms with Crippen molar-refractivity contribution in [3.05, 3.63) is 16.8 Å². The molecule has 24 heavy (non-hydrogen) atoms. The molecular formula is C18H23N3OS2. The molecule has 1 aliphatic heterocycles. The molecule has 0 bridgehead atoms. The molecule has 0 aromatic carbocycles. The molecule has 4 nitrogen and oxygen atoms in total. The van der Waals surface area contributed by atoms with Crippen molar-refractivity contribution in [3.8, 4) is 0 Å². The number of hydrogen-bond donors (Lipinski definition) is 0. The minimum atomic E-state index is -0.0850. The molecule has 4 rings (SSSR count). The Labute approximate surface area is 151 Å². The summed E-state index contributed by atoms with van der Waals surface area (Å²) in [6.45, 7) is 3.85. The first-order valence-electron chi connectivity index (χ1n) is 8.95. The van der Waals surface area contributed by atoms with Gasteiger partial charge in [-0.05, 0) is 44.6 Å². The van der Waals surface area contributed by atoms with Crippen LogP contribution in [0.4, 0.5) is 0 Å². The van der Waals surface area contributed by atoms with E-state index in [2.05, 4.69) is 14.9 Å². The largest absolute Gasteiger partial charge is 0.342 e. The van der Waals surface area contributed by atoms with Gasteiger partial charge in [0.15, 0.2) is 0 Å². The fraction of sp³-hybridized carbons (Fsp3) is 0.611. The summed E-state index contributed by atoms with van der Waals surface area (Å²) in [5, 5.41) is 2.13. The van der Waals surface area contributed by atoms with Gasteiger partial charge in [0.2, 0.25) is 5.91 Å². The third-order valence-electron chi connectivity index (χ3n) is 5.02. The van der Waals surface area contributed by atoms with Crippen LogP contribution in [0, 0.1) is 0 Å². The van der Waals surface area contributed by atoms with Gasteiger partial charge in [-0.25, -0.2) is 9.97 Å². The van der Waals surface area contributed by atoms with Crippen LogP contribution in [-0.2, 0) is 17.6 Å². The summed E-state index contributed by atoms with van der Waals surface area (Å²) in [7, 11) is 0. The van der Waals surface area contributed by atoms with Crippen LogP contribution in [-0.4, -0.2) is 39.1 Å². The first-order valence-corrected chi connectivity index (χ1v) is 10.6. The Morgan fingerprint density at radius 2 is 1.96 bits per heavy atom. The molecule has 0 N–H and O–H groups in total. The molecule has 6 heteroatoms. The highest BCUT2D eigenvalue weighted by Crippen LogP contribution is 2.41. The lowest BCUT2D eigenvalue weighted by atomic mass is 10.2. The van der Waals surface area contributed by atoms with Gasteiger partial charge < -0.3 is 4.90 Å². The second-order valence-electron chi connectivity index (χ2n) is 6.72. The number of hydrogen-bond acceptors (Lipinski definition) is 5. The maximum absolute atomic E-state index is 12.8. The Morgan fingerprint density at radius 1 is 1.17 bits per heavy atom. The highest BCUT2D eigenvalue weighted by molar-refractivity contribution is 8.00. The highest BCUT2D eigenvalue weighted by atomic mass is 32.2. The normalized spacial score (nSPS) is 19.3. The summed E-state index contributed by atoms with van der Waals surface area (Å²) in [6, 6.07) is 0. The summed E-state index contributed by atoms with van der Waals surface area (Å²) in [4.78, 5) is 26.4. The zero-order valence-corrected chi connectivity index (χ0v) is 15.7. The molecule has 1 atom stereocenters. The number of carbonyl (C=O) groups is 1. The van der Waals surface area contributed by atoms with Gasteiger partial charge in [0.1, 0.15) is 16.2 Å². The van der Waals surface area contributed by atoms with Crippen LogP contribution in [0.15, 0.2) is 11.4 Å². The van der Waals surface area contributed by atoms with E-state index < -0.39 is 0 Å². The molecule has 1 fully saturated rings. The average Bonchev–Trinajstić information content (AvgIpc) is 3.05. The van der Waals surface area contributed by atoms with Gasteiger partial charge in [-0.15, -0.1) is 11.3 Å². The molecule has 3 heterocycles. The predicted octanol–water partition coefficient (Wildman–Crippen LogP) is 4.06. The summed E-state index contributed by atoms with van der Waals surface area (Å²) in [5.41, 5.74) is 1.44. The van der Waals surface area contributed by atoms with Crippen molar-refractivity contribution in [3.63, 3.8) is 0 Å². The Bertz CT molecular complexity index is 750. The molecular weight excluding hydrogens is 338 g/mol. The Morgan fingerprint density at radius 3 is 2.75 bits per heavy atom.